The highest BCUT2D eigenvalue weighted by molar-refractivity contribution is 5.90. The molecule has 5 nitrogen and oxygen atoms in total. The Hall–Kier alpha value is -2.50. The van der Waals surface area contributed by atoms with E-state index in [1.807, 2.05) is 19.9 Å². The van der Waals surface area contributed by atoms with E-state index < -0.39 is 5.82 Å². The standard InChI is InChI=1S/C16H19FN4O/c1-11-10-12(2)20-16(19-11)18-9-5-8-15(22)21-14-7-4-3-6-13(14)17/h3-4,6-7,10H,5,8-9H2,1-2H3,(H,21,22)(H,18,19,20). The van der Waals surface area contributed by atoms with E-state index in [4.69, 9.17) is 0 Å². The number of halogens is 1. The number of carbonyl (C=O) groups is 1. The van der Waals surface area contributed by atoms with Crippen LogP contribution in [-0.2, 0) is 4.79 Å². The first-order valence-electron chi connectivity index (χ1n) is 7.15. The normalized spacial score (nSPS) is 10.3. The lowest BCUT2D eigenvalue weighted by molar-refractivity contribution is -0.116. The number of rotatable bonds is 6. The highest BCUT2D eigenvalue weighted by Crippen LogP contribution is 2.12. The largest absolute Gasteiger partial charge is 0.354 e. The van der Waals surface area contributed by atoms with Crippen LogP contribution in [0.1, 0.15) is 24.2 Å². The van der Waals surface area contributed by atoms with Crippen LogP contribution in [0, 0.1) is 19.7 Å². The highest BCUT2D eigenvalue weighted by atomic mass is 19.1. The van der Waals surface area contributed by atoms with Gasteiger partial charge in [-0.1, -0.05) is 12.1 Å². The van der Waals surface area contributed by atoms with Gasteiger partial charge >= 0.3 is 0 Å². The van der Waals surface area contributed by atoms with Gasteiger partial charge in [0.1, 0.15) is 5.82 Å². The summed E-state index contributed by atoms with van der Waals surface area (Å²) in [6.07, 6.45) is 0.906. The van der Waals surface area contributed by atoms with Crippen molar-refractivity contribution in [2.45, 2.75) is 26.7 Å². The van der Waals surface area contributed by atoms with Gasteiger partial charge in [0, 0.05) is 24.4 Å². The Kier molecular flexibility index (Phi) is 5.41. The predicted octanol–water partition coefficient (Wildman–Crippen LogP) is 3.06. The van der Waals surface area contributed by atoms with E-state index in [0.29, 0.717) is 25.3 Å². The van der Waals surface area contributed by atoms with Gasteiger partial charge in [0.2, 0.25) is 11.9 Å². The first-order valence-corrected chi connectivity index (χ1v) is 7.15. The number of anilines is 2. The van der Waals surface area contributed by atoms with E-state index in [2.05, 4.69) is 20.6 Å². The summed E-state index contributed by atoms with van der Waals surface area (Å²) in [4.78, 5) is 20.3. The highest BCUT2D eigenvalue weighted by Gasteiger charge is 2.06. The predicted molar refractivity (Wildman–Crippen MR) is 84.3 cm³/mol. The Morgan fingerprint density at radius 1 is 1.18 bits per heavy atom. The smallest absolute Gasteiger partial charge is 0.224 e. The van der Waals surface area contributed by atoms with Gasteiger partial charge in [-0.05, 0) is 38.5 Å². The molecule has 2 rings (SSSR count). The van der Waals surface area contributed by atoms with Crippen molar-refractivity contribution in [3.05, 3.63) is 47.5 Å². The van der Waals surface area contributed by atoms with Gasteiger partial charge in [-0.15, -0.1) is 0 Å². The quantitative estimate of drug-likeness (QED) is 0.805. The summed E-state index contributed by atoms with van der Waals surface area (Å²) < 4.78 is 13.4. The number of benzene rings is 1. The van der Waals surface area contributed by atoms with Crippen LogP contribution in [0.25, 0.3) is 0 Å². The van der Waals surface area contributed by atoms with Gasteiger partial charge in [0.25, 0.3) is 0 Å². The summed E-state index contributed by atoms with van der Waals surface area (Å²) in [7, 11) is 0. The van der Waals surface area contributed by atoms with E-state index in [1.165, 1.54) is 12.1 Å². The number of aryl methyl sites for hydroxylation is 2. The first kappa shape index (κ1) is 15.9. The van der Waals surface area contributed by atoms with Crippen molar-refractivity contribution in [3.8, 4) is 0 Å². The molecule has 22 heavy (non-hydrogen) atoms. The molecule has 2 N–H and O–H groups in total. The molecular weight excluding hydrogens is 283 g/mol. The van der Waals surface area contributed by atoms with Crippen molar-refractivity contribution < 1.29 is 9.18 Å². The molecule has 0 radical (unpaired) electrons. The SMILES string of the molecule is Cc1cc(C)nc(NCCCC(=O)Nc2ccccc2F)n1. The van der Waals surface area contributed by atoms with Crippen molar-refractivity contribution in [2.24, 2.45) is 0 Å². The number of para-hydroxylation sites is 1. The molecule has 1 aromatic carbocycles. The number of carbonyl (C=O) groups excluding carboxylic acids is 1. The van der Waals surface area contributed by atoms with Gasteiger partial charge in [-0.3, -0.25) is 4.79 Å². The number of nitrogens with zero attached hydrogens (tertiary/aromatic N) is 2. The average Bonchev–Trinajstić information content (AvgIpc) is 2.45. The number of hydrogen-bond acceptors (Lipinski definition) is 4. The molecule has 0 unspecified atom stereocenters. The Bertz CT molecular complexity index is 640. The topological polar surface area (TPSA) is 66.9 Å². The third-order valence-corrected chi connectivity index (χ3v) is 2.99. The van der Waals surface area contributed by atoms with E-state index in [1.54, 1.807) is 12.1 Å². The Labute approximate surface area is 129 Å². The van der Waals surface area contributed by atoms with E-state index in [-0.39, 0.29) is 11.6 Å². The zero-order chi connectivity index (χ0) is 15.9. The molecule has 0 aliphatic carbocycles. The molecule has 0 saturated carbocycles. The van der Waals surface area contributed by atoms with Crippen LogP contribution in [0.15, 0.2) is 30.3 Å². The van der Waals surface area contributed by atoms with Gasteiger partial charge in [-0.2, -0.15) is 0 Å². The van der Waals surface area contributed by atoms with Crippen molar-refractivity contribution >= 4 is 17.5 Å². The number of nitrogens with one attached hydrogen (secondary N) is 2. The Morgan fingerprint density at radius 2 is 1.86 bits per heavy atom. The molecule has 2 aromatic rings. The van der Waals surface area contributed by atoms with Crippen molar-refractivity contribution in [1.29, 1.82) is 0 Å². The van der Waals surface area contributed by atoms with Gasteiger partial charge in [-0.25, -0.2) is 14.4 Å². The monoisotopic (exact) mass is 302 g/mol. The third kappa shape index (κ3) is 4.80. The molecule has 6 heteroatoms. The van der Waals surface area contributed by atoms with Crippen LogP contribution in [0.2, 0.25) is 0 Å². The van der Waals surface area contributed by atoms with Crippen LogP contribution in [0.5, 0.6) is 0 Å². The summed E-state index contributed by atoms with van der Waals surface area (Å²) in [5, 5.41) is 5.63. The van der Waals surface area contributed by atoms with Gasteiger partial charge < -0.3 is 10.6 Å². The second-order valence-electron chi connectivity index (χ2n) is 5.03. The van der Waals surface area contributed by atoms with Crippen LogP contribution < -0.4 is 10.6 Å². The minimum absolute atomic E-state index is 0.207. The molecule has 0 atom stereocenters. The molecule has 0 aliphatic rings. The van der Waals surface area contributed by atoms with Crippen LogP contribution in [0.4, 0.5) is 16.0 Å². The minimum atomic E-state index is -0.433. The molecule has 0 spiro atoms. The maximum Gasteiger partial charge on any atom is 0.224 e. The summed E-state index contributed by atoms with van der Waals surface area (Å²) in [6.45, 7) is 4.39. The Balaban J connectivity index is 1.74. The first-order chi connectivity index (χ1) is 10.5. The molecule has 0 bridgehead atoms. The van der Waals surface area contributed by atoms with E-state index >= 15 is 0 Å². The fourth-order valence-electron chi connectivity index (χ4n) is 2.03. The lowest BCUT2D eigenvalue weighted by Gasteiger charge is -2.08. The summed E-state index contributed by atoms with van der Waals surface area (Å²) in [5.41, 5.74) is 2.00. The van der Waals surface area contributed by atoms with Gasteiger partial charge in [0.15, 0.2) is 0 Å². The lowest BCUT2D eigenvalue weighted by Crippen LogP contribution is -2.15. The van der Waals surface area contributed by atoms with Crippen LogP contribution in [0.3, 0.4) is 0 Å². The molecule has 1 heterocycles. The van der Waals surface area contributed by atoms with E-state index in [0.717, 1.165) is 11.4 Å². The Morgan fingerprint density at radius 3 is 2.55 bits per heavy atom. The van der Waals surface area contributed by atoms with E-state index in [9.17, 15) is 9.18 Å². The van der Waals surface area contributed by atoms with Crippen molar-refractivity contribution in [1.82, 2.24) is 9.97 Å². The zero-order valence-corrected chi connectivity index (χ0v) is 12.7. The molecule has 0 fully saturated rings. The molecule has 0 saturated heterocycles. The average molecular weight is 302 g/mol. The number of aromatic nitrogens is 2. The lowest BCUT2D eigenvalue weighted by atomic mass is 10.2. The van der Waals surface area contributed by atoms with Crippen molar-refractivity contribution in [3.63, 3.8) is 0 Å². The second-order valence-corrected chi connectivity index (χ2v) is 5.03. The molecule has 0 aliphatic heterocycles. The minimum Gasteiger partial charge on any atom is -0.354 e. The van der Waals surface area contributed by atoms with Crippen molar-refractivity contribution in [2.75, 3.05) is 17.2 Å². The fourth-order valence-corrected chi connectivity index (χ4v) is 2.03. The third-order valence-electron chi connectivity index (χ3n) is 2.99. The second kappa shape index (κ2) is 7.49. The summed E-state index contributed by atoms with van der Waals surface area (Å²) >= 11 is 0. The summed E-state index contributed by atoms with van der Waals surface area (Å²) in [6, 6.07) is 8.01. The summed E-state index contributed by atoms with van der Waals surface area (Å²) in [5.74, 6) is -0.0853. The zero-order valence-electron chi connectivity index (χ0n) is 12.7. The molecular formula is C16H19FN4O. The van der Waals surface area contributed by atoms with Crippen LogP contribution >= 0.6 is 0 Å². The maximum absolute atomic E-state index is 13.4. The molecule has 116 valence electrons. The van der Waals surface area contributed by atoms with Gasteiger partial charge in [0.05, 0.1) is 5.69 Å². The van der Waals surface area contributed by atoms with Crippen LogP contribution in [-0.4, -0.2) is 22.4 Å². The number of hydrogen-bond donors (Lipinski definition) is 2. The molecule has 1 amide bonds. The number of amides is 1. The molecule has 1 aromatic heterocycles. The maximum atomic E-state index is 13.4. The fraction of sp³-hybridized carbons (Fsp3) is 0.312.